The fraction of sp³-hybridized carbons (Fsp3) is 0.412. The van der Waals surface area contributed by atoms with Gasteiger partial charge in [0, 0.05) is 10.6 Å². The molecule has 0 saturated carbocycles. The maximum Gasteiger partial charge on any atom is 0.0538 e. The van der Waals surface area contributed by atoms with Crippen molar-refractivity contribution < 1.29 is 4.21 Å². The minimum absolute atomic E-state index is 0.0767. The zero-order chi connectivity index (χ0) is 14.3. The van der Waals surface area contributed by atoms with Crippen molar-refractivity contribution in [1.82, 2.24) is 0 Å². The molecule has 104 valence electrons. The minimum Gasteiger partial charge on any atom is -0.254 e. The predicted octanol–water partition coefficient (Wildman–Crippen LogP) is 4.73. The summed E-state index contributed by atoms with van der Waals surface area (Å²) in [5, 5.41) is 0. The van der Waals surface area contributed by atoms with Crippen LogP contribution in [0.3, 0.4) is 0 Å². The fourth-order valence-electron chi connectivity index (χ4n) is 1.88. The summed E-state index contributed by atoms with van der Waals surface area (Å²) in [7, 11) is -0.959. The topological polar surface area (TPSA) is 17.1 Å². The Kier molecular flexibility index (Phi) is 6.23. The molecule has 0 spiro atoms. The van der Waals surface area contributed by atoms with Crippen LogP contribution in [0.2, 0.25) is 0 Å². The van der Waals surface area contributed by atoms with Gasteiger partial charge in [0.25, 0.3) is 0 Å². The molecule has 1 rings (SSSR count). The van der Waals surface area contributed by atoms with Crippen molar-refractivity contribution in [3.63, 3.8) is 0 Å². The standard InChI is InChI=1S/C17H24OS/c1-5-17(4,13-9-10-15(2)3)14-19(18)16-11-7-6-8-12-16/h5-8,10-12H,1,9,13-14H2,2-4H3. The van der Waals surface area contributed by atoms with Gasteiger partial charge >= 0.3 is 0 Å². The fourth-order valence-corrected chi connectivity index (χ4v) is 3.37. The normalized spacial score (nSPS) is 15.3. The molecule has 19 heavy (non-hydrogen) atoms. The van der Waals surface area contributed by atoms with Gasteiger partial charge in [0.2, 0.25) is 0 Å². The molecule has 0 aliphatic carbocycles. The van der Waals surface area contributed by atoms with Crippen LogP contribution in [-0.2, 0) is 10.8 Å². The Labute approximate surface area is 119 Å². The van der Waals surface area contributed by atoms with E-state index < -0.39 is 10.8 Å². The highest BCUT2D eigenvalue weighted by Gasteiger charge is 2.23. The van der Waals surface area contributed by atoms with E-state index in [-0.39, 0.29) is 5.41 Å². The van der Waals surface area contributed by atoms with Gasteiger partial charge in [0.15, 0.2) is 0 Å². The third kappa shape index (κ3) is 5.56. The molecule has 0 heterocycles. The first-order valence-corrected chi connectivity index (χ1v) is 7.99. The van der Waals surface area contributed by atoms with E-state index >= 15 is 0 Å². The highest BCUT2D eigenvalue weighted by molar-refractivity contribution is 7.85. The Bertz CT molecular complexity index is 457. The van der Waals surface area contributed by atoms with Crippen molar-refractivity contribution in [3.8, 4) is 0 Å². The van der Waals surface area contributed by atoms with Crippen LogP contribution in [0.5, 0.6) is 0 Å². The molecular formula is C17H24OS. The van der Waals surface area contributed by atoms with Crippen molar-refractivity contribution in [2.24, 2.45) is 5.41 Å². The number of rotatable bonds is 7. The molecule has 0 aliphatic heterocycles. The molecule has 0 N–H and O–H groups in total. The van der Waals surface area contributed by atoms with Crippen molar-refractivity contribution in [2.75, 3.05) is 5.75 Å². The Balaban J connectivity index is 2.67. The first kappa shape index (κ1) is 15.9. The Morgan fingerprint density at radius 2 is 1.95 bits per heavy atom. The first-order valence-electron chi connectivity index (χ1n) is 6.67. The third-order valence-corrected chi connectivity index (χ3v) is 4.95. The zero-order valence-corrected chi connectivity index (χ0v) is 13.0. The van der Waals surface area contributed by atoms with Gasteiger partial charge in [-0.1, -0.05) is 42.8 Å². The van der Waals surface area contributed by atoms with E-state index in [9.17, 15) is 4.21 Å². The monoisotopic (exact) mass is 276 g/mol. The number of hydrogen-bond donors (Lipinski definition) is 0. The largest absolute Gasteiger partial charge is 0.254 e. The predicted molar refractivity (Wildman–Crippen MR) is 84.7 cm³/mol. The van der Waals surface area contributed by atoms with Gasteiger partial charge in [0.05, 0.1) is 10.8 Å². The quantitative estimate of drug-likeness (QED) is 0.658. The summed E-state index contributed by atoms with van der Waals surface area (Å²) in [5.41, 5.74) is 1.25. The van der Waals surface area contributed by atoms with Gasteiger partial charge in [-0.25, -0.2) is 0 Å². The van der Waals surface area contributed by atoms with Crippen molar-refractivity contribution >= 4 is 10.8 Å². The van der Waals surface area contributed by atoms with Crippen LogP contribution >= 0.6 is 0 Å². The Morgan fingerprint density at radius 1 is 1.32 bits per heavy atom. The molecule has 0 aromatic heterocycles. The second kappa shape index (κ2) is 7.44. The highest BCUT2D eigenvalue weighted by atomic mass is 32.2. The maximum absolute atomic E-state index is 12.4. The molecule has 1 aromatic carbocycles. The summed E-state index contributed by atoms with van der Waals surface area (Å²) in [6.07, 6.45) is 6.18. The number of hydrogen-bond acceptors (Lipinski definition) is 1. The number of allylic oxidation sites excluding steroid dienone is 3. The van der Waals surface area contributed by atoms with Gasteiger partial charge in [-0.3, -0.25) is 4.21 Å². The van der Waals surface area contributed by atoms with Crippen LogP contribution in [0.15, 0.2) is 59.5 Å². The summed E-state index contributed by atoms with van der Waals surface area (Å²) in [4.78, 5) is 0.901. The summed E-state index contributed by atoms with van der Waals surface area (Å²) in [5.74, 6) is 0.636. The lowest BCUT2D eigenvalue weighted by Crippen LogP contribution is -2.21. The average Bonchev–Trinajstić information content (AvgIpc) is 2.39. The molecule has 0 saturated heterocycles. The molecule has 0 radical (unpaired) electrons. The number of benzene rings is 1. The van der Waals surface area contributed by atoms with Crippen LogP contribution in [0, 0.1) is 5.41 Å². The van der Waals surface area contributed by atoms with Gasteiger partial charge in [-0.2, -0.15) is 0 Å². The van der Waals surface area contributed by atoms with Crippen LogP contribution in [0.25, 0.3) is 0 Å². The van der Waals surface area contributed by atoms with Crippen LogP contribution in [-0.4, -0.2) is 9.96 Å². The van der Waals surface area contributed by atoms with Gasteiger partial charge in [-0.05, 0) is 44.2 Å². The van der Waals surface area contributed by atoms with E-state index in [0.717, 1.165) is 17.7 Å². The summed E-state index contributed by atoms with van der Waals surface area (Å²) in [6.45, 7) is 10.3. The van der Waals surface area contributed by atoms with E-state index in [1.165, 1.54) is 5.57 Å². The first-order chi connectivity index (χ1) is 8.97. The van der Waals surface area contributed by atoms with E-state index in [4.69, 9.17) is 0 Å². The van der Waals surface area contributed by atoms with E-state index in [2.05, 4.69) is 33.4 Å². The summed E-state index contributed by atoms with van der Waals surface area (Å²) in [6, 6.07) is 9.66. The third-order valence-electron chi connectivity index (χ3n) is 3.23. The van der Waals surface area contributed by atoms with Crippen LogP contribution < -0.4 is 0 Å². The van der Waals surface area contributed by atoms with Crippen molar-refractivity contribution in [3.05, 3.63) is 54.6 Å². The second-order valence-electron chi connectivity index (χ2n) is 5.48. The van der Waals surface area contributed by atoms with Gasteiger partial charge < -0.3 is 0 Å². The second-order valence-corrected chi connectivity index (χ2v) is 6.93. The minimum atomic E-state index is -0.959. The molecule has 0 bridgehead atoms. The summed E-state index contributed by atoms with van der Waals surface area (Å²) >= 11 is 0. The van der Waals surface area contributed by atoms with Crippen molar-refractivity contribution in [2.45, 2.75) is 38.5 Å². The molecule has 1 aromatic rings. The molecule has 0 fully saturated rings. The van der Waals surface area contributed by atoms with Crippen LogP contribution in [0.4, 0.5) is 0 Å². The molecule has 2 heteroatoms. The Morgan fingerprint density at radius 3 is 2.47 bits per heavy atom. The molecule has 1 nitrogen and oxygen atoms in total. The maximum atomic E-state index is 12.4. The highest BCUT2D eigenvalue weighted by Crippen LogP contribution is 2.28. The van der Waals surface area contributed by atoms with E-state index in [0.29, 0.717) is 5.75 Å². The SMILES string of the molecule is C=CC(C)(CCC=C(C)C)CS(=O)c1ccccc1. The molecule has 0 aliphatic rings. The molecular weight excluding hydrogens is 252 g/mol. The van der Waals surface area contributed by atoms with Gasteiger partial charge in [-0.15, -0.1) is 6.58 Å². The average molecular weight is 276 g/mol. The lowest BCUT2D eigenvalue weighted by Gasteiger charge is -2.24. The summed E-state index contributed by atoms with van der Waals surface area (Å²) < 4.78 is 12.4. The van der Waals surface area contributed by atoms with Gasteiger partial charge in [0.1, 0.15) is 0 Å². The van der Waals surface area contributed by atoms with Crippen molar-refractivity contribution in [1.29, 1.82) is 0 Å². The molecule has 2 unspecified atom stereocenters. The Hall–Kier alpha value is -1.15. The lowest BCUT2D eigenvalue weighted by molar-refractivity contribution is 0.447. The molecule has 0 amide bonds. The smallest absolute Gasteiger partial charge is 0.0538 e. The lowest BCUT2D eigenvalue weighted by atomic mass is 9.87. The zero-order valence-electron chi connectivity index (χ0n) is 12.2. The van der Waals surface area contributed by atoms with E-state index in [1.54, 1.807) is 0 Å². The molecule has 2 atom stereocenters. The van der Waals surface area contributed by atoms with E-state index in [1.807, 2.05) is 36.4 Å². The van der Waals surface area contributed by atoms with Crippen LogP contribution in [0.1, 0.15) is 33.6 Å².